The first kappa shape index (κ1) is 17.7. The fraction of sp³-hybridized carbons (Fsp3) is 0.933. The Labute approximate surface area is 124 Å². The minimum atomic E-state index is -1.93. The van der Waals surface area contributed by atoms with Crippen LogP contribution >= 0.6 is 0 Å². The average Bonchev–Trinajstić information content (AvgIpc) is 2.30. The predicted molar refractivity (Wildman–Crippen MR) is 82.0 cm³/mol. The maximum absolute atomic E-state index is 12.0. The predicted octanol–water partition coefficient (Wildman–Crippen LogP) is 2.96. The van der Waals surface area contributed by atoms with Gasteiger partial charge in [-0.1, -0.05) is 27.7 Å². The van der Waals surface area contributed by atoms with Crippen molar-refractivity contribution in [3.05, 3.63) is 0 Å². The molecule has 1 aliphatic rings. The number of esters is 1. The van der Waals surface area contributed by atoms with Crippen molar-refractivity contribution in [2.24, 2.45) is 11.8 Å². The molecule has 0 unspecified atom stereocenters. The van der Waals surface area contributed by atoms with Gasteiger partial charge in [0.15, 0.2) is 8.32 Å². The molecule has 0 aromatic carbocycles. The highest BCUT2D eigenvalue weighted by molar-refractivity contribution is 6.74. The van der Waals surface area contributed by atoms with Crippen LogP contribution < -0.4 is 0 Å². The largest absolute Gasteiger partial charge is 0.462 e. The van der Waals surface area contributed by atoms with E-state index in [1.165, 1.54) is 0 Å². The SMILES string of the molecule is C[C@@H]1[C@@H](O[Si](C)(C)C(C)(C)C)[C@@H](C)C(=O)O[C@@H]1CCO. The van der Waals surface area contributed by atoms with Crippen LogP contribution in [0.5, 0.6) is 0 Å². The number of cyclic esters (lactones) is 1. The van der Waals surface area contributed by atoms with Gasteiger partial charge in [0.05, 0.1) is 12.0 Å². The first-order chi connectivity index (χ1) is 9.01. The fourth-order valence-electron chi connectivity index (χ4n) is 2.34. The molecule has 4 atom stereocenters. The molecule has 1 aliphatic heterocycles. The van der Waals surface area contributed by atoms with E-state index >= 15 is 0 Å². The molecule has 0 bridgehead atoms. The first-order valence-electron chi connectivity index (χ1n) is 7.50. The molecular weight excluding hydrogens is 272 g/mol. The Morgan fingerprint density at radius 3 is 2.30 bits per heavy atom. The second kappa shape index (κ2) is 6.16. The second-order valence-electron chi connectivity index (χ2n) is 7.48. The summed E-state index contributed by atoms with van der Waals surface area (Å²) in [4.78, 5) is 12.0. The quantitative estimate of drug-likeness (QED) is 0.641. The Bertz CT molecular complexity index is 348. The van der Waals surface area contributed by atoms with Crippen molar-refractivity contribution >= 4 is 14.3 Å². The van der Waals surface area contributed by atoms with Crippen molar-refractivity contribution in [2.75, 3.05) is 6.61 Å². The summed E-state index contributed by atoms with van der Waals surface area (Å²) in [6.07, 6.45) is 0.129. The third-order valence-corrected chi connectivity index (χ3v) is 9.36. The molecule has 5 heteroatoms. The Morgan fingerprint density at radius 1 is 1.30 bits per heavy atom. The lowest BCUT2D eigenvalue weighted by Gasteiger charge is -2.46. The number of carbonyl (C=O) groups is 1. The topological polar surface area (TPSA) is 55.8 Å². The lowest BCUT2D eigenvalue weighted by molar-refractivity contribution is -0.177. The van der Waals surface area contributed by atoms with Crippen molar-refractivity contribution < 1.29 is 19.1 Å². The normalized spacial score (nSPS) is 32.1. The number of aliphatic hydroxyl groups excluding tert-OH is 1. The highest BCUT2D eigenvalue weighted by atomic mass is 28.4. The van der Waals surface area contributed by atoms with E-state index in [1.807, 2.05) is 6.92 Å². The molecule has 1 saturated heterocycles. The molecule has 1 N–H and O–H groups in total. The van der Waals surface area contributed by atoms with Crippen LogP contribution in [0.4, 0.5) is 0 Å². The van der Waals surface area contributed by atoms with Crippen molar-refractivity contribution in [2.45, 2.75) is 71.4 Å². The summed E-state index contributed by atoms with van der Waals surface area (Å²) in [6.45, 7) is 15.0. The summed E-state index contributed by atoms with van der Waals surface area (Å²) in [5.74, 6) is -0.330. The zero-order valence-corrected chi connectivity index (χ0v) is 14.9. The maximum Gasteiger partial charge on any atom is 0.311 e. The Hall–Kier alpha value is -0.393. The van der Waals surface area contributed by atoms with Gasteiger partial charge in [0, 0.05) is 18.9 Å². The summed E-state index contributed by atoms with van der Waals surface area (Å²) >= 11 is 0. The smallest absolute Gasteiger partial charge is 0.311 e. The van der Waals surface area contributed by atoms with Crippen LogP contribution in [0.1, 0.15) is 41.0 Å². The van der Waals surface area contributed by atoms with E-state index in [0.717, 1.165) is 0 Å². The van der Waals surface area contributed by atoms with E-state index in [2.05, 4.69) is 40.8 Å². The molecule has 0 amide bonds. The van der Waals surface area contributed by atoms with Crippen molar-refractivity contribution in [1.29, 1.82) is 0 Å². The number of rotatable bonds is 4. The van der Waals surface area contributed by atoms with Gasteiger partial charge < -0.3 is 14.3 Å². The van der Waals surface area contributed by atoms with E-state index in [1.54, 1.807) is 0 Å². The van der Waals surface area contributed by atoms with E-state index in [9.17, 15) is 4.79 Å². The maximum atomic E-state index is 12.0. The summed E-state index contributed by atoms with van der Waals surface area (Å²) in [5.41, 5.74) is 0. The summed E-state index contributed by atoms with van der Waals surface area (Å²) in [6, 6.07) is 0. The second-order valence-corrected chi connectivity index (χ2v) is 12.2. The molecule has 0 aromatic heterocycles. The minimum absolute atomic E-state index is 0.0312. The standard InChI is InChI=1S/C15H30O4Si/c1-10-12(8-9-16)18-14(17)11(2)13(10)19-20(6,7)15(3,4)5/h10-13,16H,8-9H2,1-7H3/t10-,11+,12+,13+/m0/s1. The Kier molecular flexibility index (Phi) is 5.44. The van der Waals surface area contributed by atoms with Gasteiger partial charge in [-0.3, -0.25) is 4.79 Å². The monoisotopic (exact) mass is 302 g/mol. The van der Waals surface area contributed by atoms with Gasteiger partial charge in [0.25, 0.3) is 0 Å². The molecule has 1 rings (SSSR count). The van der Waals surface area contributed by atoms with Crippen LogP contribution in [0.3, 0.4) is 0 Å². The van der Waals surface area contributed by atoms with E-state index in [4.69, 9.17) is 14.3 Å². The molecular formula is C15H30O4Si. The van der Waals surface area contributed by atoms with Gasteiger partial charge in [0.2, 0.25) is 0 Å². The zero-order chi connectivity index (χ0) is 15.7. The highest BCUT2D eigenvalue weighted by Crippen LogP contribution is 2.41. The Morgan fingerprint density at radius 2 is 1.85 bits per heavy atom. The molecule has 0 aromatic rings. The zero-order valence-electron chi connectivity index (χ0n) is 13.9. The van der Waals surface area contributed by atoms with E-state index in [-0.39, 0.29) is 41.7 Å². The van der Waals surface area contributed by atoms with Gasteiger partial charge in [-0.15, -0.1) is 0 Å². The van der Waals surface area contributed by atoms with Crippen molar-refractivity contribution in [3.63, 3.8) is 0 Å². The molecule has 4 nitrogen and oxygen atoms in total. The van der Waals surface area contributed by atoms with E-state index < -0.39 is 8.32 Å². The lowest BCUT2D eigenvalue weighted by atomic mass is 9.85. The lowest BCUT2D eigenvalue weighted by Crippen LogP contribution is -2.54. The van der Waals surface area contributed by atoms with Crippen LogP contribution in [-0.4, -0.2) is 38.2 Å². The third kappa shape index (κ3) is 3.62. The number of carbonyl (C=O) groups excluding carboxylic acids is 1. The molecule has 1 heterocycles. The molecule has 0 aliphatic carbocycles. The molecule has 0 saturated carbocycles. The van der Waals surface area contributed by atoms with Gasteiger partial charge in [0.1, 0.15) is 6.10 Å². The fourth-order valence-corrected chi connectivity index (χ4v) is 3.79. The number of hydrogen-bond donors (Lipinski definition) is 1. The summed E-state index contributed by atoms with van der Waals surface area (Å²) in [5, 5.41) is 9.22. The van der Waals surface area contributed by atoms with Gasteiger partial charge in [-0.05, 0) is 25.1 Å². The Balaban J connectivity index is 2.92. The van der Waals surface area contributed by atoms with Crippen molar-refractivity contribution in [1.82, 2.24) is 0 Å². The molecule has 0 spiro atoms. The van der Waals surface area contributed by atoms with Crippen LogP contribution in [0.15, 0.2) is 0 Å². The number of hydrogen-bond acceptors (Lipinski definition) is 4. The minimum Gasteiger partial charge on any atom is -0.462 e. The van der Waals surface area contributed by atoms with Gasteiger partial charge >= 0.3 is 5.97 Å². The van der Waals surface area contributed by atoms with Gasteiger partial charge in [-0.2, -0.15) is 0 Å². The molecule has 1 fully saturated rings. The van der Waals surface area contributed by atoms with Crippen LogP contribution in [-0.2, 0) is 14.0 Å². The van der Waals surface area contributed by atoms with Gasteiger partial charge in [-0.25, -0.2) is 0 Å². The van der Waals surface area contributed by atoms with Crippen molar-refractivity contribution in [3.8, 4) is 0 Å². The number of ether oxygens (including phenoxy) is 1. The summed E-state index contributed by atoms with van der Waals surface area (Å²) < 4.78 is 11.9. The van der Waals surface area contributed by atoms with Crippen LogP contribution in [0.25, 0.3) is 0 Å². The number of aliphatic hydroxyl groups is 1. The van der Waals surface area contributed by atoms with E-state index in [0.29, 0.717) is 6.42 Å². The summed E-state index contributed by atoms with van der Waals surface area (Å²) in [7, 11) is -1.93. The van der Waals surface area contributed by atoms with Crippen LogP contribution in [0.2, 0.25) is 18.1 Å². The average molecular weight is 302 g/mol. The highest BCUT2D eigenvalue weighted by Gasteiger charge is 2.47. The molecule has 20 heavy (non-hydrogen) atoms. The third-order valence-electron chi connectivity index (χ3n) is 4.89. The first-order valence-corrected chi connectivity index (χ1v) is 10.4. The molecule has 118 valence electrons. The van der Waals surface area contributed by atoms with Crippen LogP contribution in [0, 0.1) is 11.8 Å². The molecule has 0 radical (unpaired) electrons.